The molecule has 1 rings (SSSR count). The van der Waals surface area contributed by atoms with E-state index in [1.165, 1.54) is 0 Å². The number of hydrogen-bond donors (Lipinski definition) is 2. The summed E-state index contributed by atoms with van der Waals surface area (Å²) in [7, 11) is 1.58. The first-order chi connectivity index (χ1) is 8.19. The number of methoxy groups -OCH3 is 1. The van der Waals surface area contributed by atoms with Crippen LogP contribution in [0.1, 0.15) is 12.5 Å². The van der Waals surface area contributed by atoms with Crippen LogP contribution in [0.15, 0.2) is 18.2 Å². The zero-order valence-corrected chi connectivity index (χ0v) is 10.0. The summed E-state index contributed by atoms with van der Waals surface area (Å²) < 4.78 is 10.7. The van der Waals surface area contributed by atoms with Gasteiger partial charge in [-0.1, -0.05) is 12.1 Å². The van der Waals surface area contributed by atoms with Gasteiger partial charge in [-0.25, -0.2) is 0 Å². The zero-order valence-electron chi connectivity index (χ0n) is 10.0. The van der Waals surface area contributed by atoms with E-state index in [0.717, 1.165) is 5.56 Å². The van der Waals surface area contributed by atoms with E-state index in [2.05, 4.69) is 5.32 Å². The average Bonchev–Trinajstić information content (AvgIpc) is 2.30. The van der Waals surface area contributed by atoms with Crippen LogP contribution in [0.2, 0.25) is 0 Å². The van der Waals surface area contributed by atoms with E-state index in [1.54, 1.807) is 7.11 Å². The number of carboxylic acid groups (broad SMARTS) is 1. The van der Waals surface area contributed by atoms with E-state index >= 15 is 0 Å². The summed E-state index contributed by atoms with van der Waals surface area (Å²) in [6.07, 6.45) is 0. The minimum atomic E-state index is -0.883. The third kappa shape index (κ3) is 3.96. The highest BCUT2D eigenvalue weighted by molar-refractivity contribution is 5.69. The van der Waals surface area contributed by atoms with Gasteiger partial charge in [0.2, 0.25) is 0 Å². The molecule has 5 nitrogen and oxygen atoms in total. The Morgan fingerprint density at radius 2 is 2.24 bits per heavy atom. The molecule has 0 radical (unpaired) electrons. The largest absolute Gasteiger partial charge is 0.493 e. The molecule has 0 aliphatic heterocycles. The Hall–Kier alpha value is -1.75. The lowest BCUT2D eigenvalue weighted by atomic mass is 10.2. The maximum atomic E-state index is 10.4. The standard InChI is InChI=1S/C12H17NO4/c1-3-17-12-9(7-13-8-11(14)15)5-4-6-10(12)16-2/h4-6,13H,3,7-8H2,1-2H3,(H,14,15). The molecule has 0 amide bonds. The Bertz CT molecular complexity index is 379. The first-order valence-electron chi connectivity index (χ1n) is 5.40. The van der Waals surface area contributed by atoms with Gasteiger partial charge in [0.1, 0.15) is 0 Å². The predicted molar refractivity (Wildman–Crippen MR) is 63.5 cm³/mol. The van der Waals surface area contributed by atoms with Crippen molar-refractivity contribution in [3.63, 3.8) is 0 Å². The van der Waals surface area contributed by atoms with Crippen molar-refractivity contribution < 1.29 is 19.4 Å². The van der Waals surface area contributed by atoms with Crippen molar-refractivity contribution in [2.75, 3.05) is 20.3 Å². The van der Waals surface area contributed by atoms with Gasteiger partial charge in [0, 0.05) is 12.1 Å². The molecule has 0 saturated carbocycles. The number of carbonyl (C=O) groups is 1. The molecule has 0 aliphatic carbocycles. The van der Waals surface area contributed by atoms with Crippen molar-refractivity contribution in [1.82, 2.24) is 5.32 Å². The lowest BCUT2D eigenvalue weighted by molar-refractivity contribution is -0.136. The molecular formula is C12H17NO4. The minimum absolute atomic E-state index is 0.0806. The summed E-state index contributed by atoms with van der Waals surface area (Å²) >= 11 is 0. The van der Waals surface area contributed by atoms with Gasteiger partial charge in [0.05, 0.1) is 20.3 Å². The number of hydrogen-bond acceptors (Lipinski definition) is 4. The van der Waals surface area contributed by atoms with Crippen LogP contribution in [0.5, 0.6) is 11.5 Å². The van der Waals surface area contributed by atoms with Crippen LogP contribution in [0.25, 0.3) is 0 Å². The summed E-state index contributed by atoms with van der Waals surface area (Å²) in [5.41, 5.74) is 0.882. The van der Waals surface area contributed by atoms with E-state index < -0.39 is 5.97 Å². The van der Waals surface area contributed by atoms with E-state index in [1.807, 2.05) is 25.1 Å². The van der Waals surface area contributed by atoms with E-state index in [-0.39, 0.29) is 6.54 Å². The molecular weight excluding hydrogens is 222 g/mol. The Kier molecular flexibility index (Phi) is 5.29. The highest BCUT2D eigenvalue weighted by Gasteiger charge is 2.09. The Balaban J connectivity index is 2.78. The highest BCUT2D eigenvalue weighted by Crippen LogP contribution is 2.30. The highest BCUT2D eigenvalue weighted by atomic mass is 16.5. The second-order valence-corrected chi connectivity index (χ2v) is 3.38. The van der Waals surface area contributed by atoms with E-state index in [4.69, 9.17) is 14.6 Å². The molecule has 0 aromatic heterocycles. The number of aliphatic carboxylic acids is 1. The van der Waals surface area contributed by atoms with Gasteiger partial charge in [0.25, 0.3) is 0 Å². The topological polar surface area (TPSA) is 67.8 Å². The molecule has 94 valence electrons. The summed E-state index contributed by atoms with van der Waals surface area (Å²) in [4.78, 5) is 10.4. The molecule has 0 aliphatic rings. The van der Waals surface area contributed by atoms with Crippen LogP contribution in [0.4, 0.5) is 0 Å². The van der Waals surface area contributed by atoms with Crippen LogP contribution in [0, 0.1) is 0 Å². The van der Waals surface area contributed by atoms with Gasteiger partial charge in [-0.3, -0.25) is 4.79 Å². The molecule has 2 N–H and O–H groups in total. The first kappa shape index (κ1) is 13.3. The molecule has 0 spiro atoms. The van der Waals surface area contributed by atoms with Crippen molar-refractivity contribution in [2.24, 2.45) is 0 Å². The molecule has 5 heteroatoms. The van der Waals surface area contributed by atoms with Crippen LogP contribution in [-0.2, 0) is 11.3 Å². The Morgan fingerprint density at radius 1 is 1.47 bits per heavy atom. The molecule has 0 bridgehead atoms. The van der Waals surface area contributed by atoms with Crippen LogP contribution in [-0.4, -0.2) is 31.3 Å². The Labute approximate surface area is 100 Å². The first-order valence-corrected chi connectivity index (χ1v) is 5.40. The van der Waals surface area contributed by atoms with Crippen LogP contribution >= 0.6 is 0 Å². The quantitative estimate of drug-likeness (QED) is 0.750. The van der Waals surface area contributed by atoms with Gasteiger partial charge >= 0.3 is 5.97 Å². The number of rotatable bonds is 7. The maximum Gasteiger partial charge on any atom is 0.317 e. The Morgan fingerprint density at radius 3 is 2.82 bits per heavy atom. The fourth-order valence-electron chi connectivity index (χ4n) is 1.47. The fourth-order valence-corrected chi connectivity index (χ4v) is 1.47. The van der Waals surface area contributed by atoms with Crippen LogP contribution in [0.3, 0.4) is 0 Å². The molecule has 1 aromatic rings. The normalized spacial score (nSPS) is 10.0. The number of benzene rings is 1. The number of carboxylic acids is 1. The number of ether oxygens (including phenoxy) is 2. The smallest absolute Gasteiger partial charge is 0.317 e. The zero-order chi connectivity index (χ0) is 12.7. The summed E-state index contributed by atoms with van der Waals surface area (Å²) in [5, 5.41) is 11.4. The van der Waals surface area contributed by atoms with E-state index in [0.29, 0.717) is 24.7 Å². The van der Waals surface area contributed by atoms with Crippen molar-refractivity contribution in [3.05, 3.63) is 23.8 Å². The molecule has 0 atom stereocenters. The van der Waals surface area contributed by atoms with Crippen molar-refractivity contribution in [1.29, 1.82) is 0 Å². The second kappa shape index (κ2) is 6.75. The molecule has 1 aromatic carbocycles. The predicted octanol–water partition coefficient (Wildman–Crippen LogP) is 1.27. The number of para-hydroxylation sites is 1. The van der Waals surface area contributed by atoms with Crippen molar-refractivity contribution in [3.8, 4) is 11.5 Å². The van der Waals surface area contributed by atoms with Crippen LogP contribution < -0.4 is 14.8 Å². The van der Waals surface area contributed by atoms with Crippen molar-refractivity contribution >= 4 is 5.97 Å². The van der Waals surface area contributed by atoms with Gasteiger partial charge < -0.3 is 19.9 Å². The monoisotopic (exact) mass is 239 g/mol. The third-order valence-corrected chi connectivity index (χ3v) is 2.16. The number of nitrogens with one attached hydrogen (secondary N) is 1. The van der Waals surface area contributed by atoms with E-state index in [9.17, 15) is 4.79 Å². The fraction of sp³-hybridized carbons (Fsp3) is 0.417. The van der Waals surface area contributed by atoms with Gasteiger partial charge in [-0.15, -0.1) is 0 Å². The average molecular weight is 239 g/mol. The summed E-state index contributed by atoms with van der Waals surface area (Å²) in [6.45, 7) is 2.77. The molecule has 0 unspecified atom stereocenters. The second-order valence-electron chi connectivity index (χ2n) is 3.38. The lowest BCUT2D eigenvalue weighted by Crippen LogP contribution is -2.22. The molecule has 0 heterocycles. The third-order valence-electron chi connectivity index (χ3n) is 2.16. The molecule has 0 saturated heterocycles. The van der Waals surface area contributed by atoms with Crippen molar-refractivity contribution in [2.45, 2.75) is 13.5 Å². The van der Waals surface area contributed by atoms with Gasteiger partial charge in [-0.05, 0) is 13.0 Å². The van der Waals surface area contributed by atoms with Gasteiger partial charge in [-0.2, -0.15) is 0 Å². The van der Waals surface area contributed by atoms with Gasteiger partial charge in [0.15, 0.2) is 11.5 Å². The maximum absolute atomic E-state index is 10.4. The summed E-state index contributed by atoms with van der Waals surface area (Å²) in [6, 6.07) is 5.53. The minimum Gasteiger partial charge on any atom is -0.493 e. The lowest BCUT2D eigenvalue weighted by Gasteiger charge is -2.14. The summed E-state index contributed by atoms with van der Waals surface area (Å²) in [5.74, 6) is 0.433. The molecule has 0 fully saturated rings. The molecule has 17 heavy (non-hydrogen) atoms. The SMILES string of the molecule is CCOc1c(CNCC(=O)O)cccc1OC.